The average Bonchev–Trinajstić information content (AvgIpc) is 2.20. The molecule has 2 atom stereocenters. The summed E-state index contributed by atoms with van der Waals surface area (Å²) in [6.07, 6.45) is -1.24. The number of aliphatic hydroxyl groups excluding tert-OH is 1. The molecule has 0 bridgehead atoms. The molecule has 2 unspecified atom stereocenters. The molecule has 0 saturated carbocycles. The molecule has 0 aliphatic carbocycles. The Labute approximate surface area is 92.3 Å². The molecule has 0 fully saturated rings. The van der Waals surface area contributed by atoms with Crippen molar-refractivity contribution in [2.45, 2.75) is 18.6 Å². The second-order valence-corrected chi connectivity index (χ2v) is 3.71. The number of carboxylic acids is 1. The minimum Gasteiger partial charge on any atom is -0.479 e. The fourth-order valence-corrected chi connectivity index (χ4v) is 1.31. The van der Waals surface area contributed by atoms with Gasteiger partial charge in [0.05, 0.1) is 0 Å². The first-order chi connectivity index (χ1) is 7.00. The molecule has 82 valence electrons. The lowest BCUT2D eigenvalue weighted by Crippen LogP contribution is -2.41. The molecule has 4 nitrogen and oxygen atoms in total. The molecule has 1 aromatic carbocycles. The maximum Gasteiger partial charge on any atom is 0.334 e. The van der Waals surface area contributed by atoms with E-state index in [1.807, 2.05) is 0 Å². The maximum absolute atomic E-state index is 10.4. The van der Waals surface area contributed by atoms with Crippen molar-refractivity contribution in [2.75, 3.05) is 0 Å². The molecule has 0 aromatic heterocycles. The van der Waals surface area contributed by atoms with Gasteiger partial charge in [-0.15, -0.1) is 0 Å². The van der Waals surface area contributed by atoms with Gasteiger partial charge in [0.2, 0.25) is 0 Å². The van der Waals surface area contributed by atoms with Gasteiger partial charge in [0.15, 0.2) is 6.10 Å². The van der Waals surface area contributed by atoms with Crippen molar-refractivity contribution in [3.8, 4) is 0 Å². The molecule has 5 heteroatoms. The normalized spacial score (nSPS) is 14.6. The Bertz CT molecular complexity index is 339. The summed E-state index contributed by atoms with van der Waals surface area (Å²) in [5, 5.41) is 18.3. The largest absolute Gasteiger partial charge is 0.479 e. The molecule has 0 aliphatic heterocycles. The van der Waals surface area contributed by atoms with E-state index in [4.69, 9.17) is 27.5 Å². The van der Waals surface area contributed by atoms with Crippen LogP contribution in [0.15, 0.2) is 24.3 Å². The quantitative estimate of drug-likeness (QED) is 0.708. The summed E-state index contributed by atoms with van der Waals surface area (Å²) in [5.74, 6) is -1.31. The Balaban J connectivity index is 2.62. The third-order valence-electron chi connectivity index (χ3n) is 2.04. The first-order valence-electron chi connectivity index (χ1n) is 4.41. The molecule has 0 aliphatic rings. The Morgan fingerprint density at radius 2 is 1.93 bits per heavy atom. The number of nitrogens with two attached hydrogens (primary N) is 1. The summed E-state index contributed by atoms with van der Waals surface area (Å²) in [7, 11) is 0. The molecule has 15 heavy (non-hydrogen) atoms. The SMILES string of the molecule is NC(Cc1ccc(Cl)cc1)C(O)C(=O)O. The predicted octanol–water partition coefficient (Wildman–Crippen LogP) is 0.655. The monoisotopic (exact) mass is 229 g/mol. The highest BCUT2D eigenvalue weighted by molar-refractivity contribution is 6.30. The van der Waals surface area contributed by atoms with Crippen LogP contribution in [0.4, 0.5) is 0 Å². The van der Waals surface area contributed by atoms with Crippen LogP contribution in [-0.2, 0) is 11.2 Å². The van der Waals surface area contributed by atoms with Crippen LogP contribution in [0.5, 0.6) is 0 Å². The molecule has 0 radical (unpaired) electrons. The summed E-state index contributed by atoms with van der Waals surface area (Å²) in [5.41, 5.74) is 6.36. The lowest BCUT2D eigenvalue weighted by atomic mass is 10.0. The Hall–Kier alpha value is -1.10. The highest BCUT2D eigenvalue weighted by Crippen LogP contribution is 2.11. The Kier molecular flexibility index (Phi) is 4.08. The maximum atomic E-state index is 10.4. The number of halogens is 1. The number of hydrogen-bond acceptors (Lipinski definition) is 3. The van der Waals surface area contributed by atoms with E-state index in [1.54, 1.807) is 24.3 Å². The van der Waals surface area contributed by atoms with Crippen molar-refractivity contribution in [2.24, 2.45) is 5.73 Å². The summed E-state index contributed by atoms with van der Waals surface area (Å²) in [6.45, 7) is 0. The van der Waals surface area contributed by atoms with Crippen molar-refractivity contribution in [3.05, 3.63) is 34.9 Å². The van der Waals surface area contributed by atoms with Gasteiger partial charge < -0.3 is 15.9 Å². The zero-order valence-corrected chi connectivity index (χ0v) is 8.69. The minimum absolute atomic E-state index is 0.296. The van der Waals surface area contributed by atoms with Crippen molar-refractivity contribution in [1.29, 1.82) is 0 Å². The van der Waals surface area contributed by atoms with Gasteiger partial charge in [0, 0.05) is 11.1 Å². The van der Waals surface area contributed by atoms with Gasteiger partial charge in [0.1, 0.15) is 0 Å². The number of hydrogen-bond donors (Lipinski definition) is 3. The van der Waals surface area contributed by atoms with Crippen molar-refractivity contribution in [1.82, 2.24) is 0 Å². The summed E-state index contributed by atoms with van der Waals surface area (Å²) >= 11 is 5.69. The van der Waals surface area contributed by atoms with Crippen molar-refractivity contribution >= 4 is 17.6 Å². The molecule has 1 aromatic rings. The molecule has 4 N–H and O–H groups in total. The Morgan fingerprint density at radius 1 is 1.40 bits per heavy atom. The predicted molar refractivity (Wildman–Crippen MR) is 56.8 cm³/mol. The first kappa shape index (κ1) is 12.0. The van der Waals surface area contributed by atoms with Crippen LogP contribution >= 0.6 is 11.6 Å². The molecular formula is C10H12ClNO3. The Morgan fingerprint density at radius 3 is 2.40 bits per heavy atom. The molecule has 0 saturated heterocycles. The highest BCUT2D eigenvalue weighted by Gasteiger charge is 2.21. The van der Waals surface area contributed by atoms with Crippen LogP contribution in [0, 0.1) is 0 Å². The minimum atomic E-state index is -1.54. The van der Waals surface area contributed by atoms with Gasteiger partial charge in [-0.2, -0.15) is 0 Å². The molecular weight excluding hydrogens is 218 g/mol. The highest BCUT2D eigenvalue weighted by atomic mass is 35.5. The lowest BCUT2D eigenvalue weighted by Gasteiger charge is -2.14. The third-order valence-corrected chi connectivity index (χ3v) is 2.30. The zero-order chi connectivity index (χ0) is 11.4. The van der Waals surface area contributed by atoms with E-state index in [0.717, 1.165) is 5.56 Å². The number of aliphatic carboxylic acids is 1. The second kappa shape index (κ2) is 5.11. The molecule has 1 rings (SSSR count). The van der Waals surface area contributed by atoms with Gasteiger partial charge >= 0.3 is 5.97 Å². The molecule has 0 heterocycles. The molecule has 0 spiro atoms. The van der Waals surface area contributed by atoms with E-state index in [0.29, 0.717) is 11.4 Å². The van der Waals surface area contributed by atoms with E-state index in [-0.39, 0.29) is 0 Å². The number of carboxylic acid groups (broad SMARTS) is 1. The number of carbonyl (C=O) groups is 1. The van der Waals surface area contributed by atoms with Gasteiger partial charge in [-0.05, 0) is 24.1 Å². The molecule has 0 amide bonds. The summed E-state index contributed by atoms with van der Waals surface area (Å²) in [6, 6.07) is 6.06. The van der Waals surface area contributed by atoms with Crippen LogP contribution in [0.2, 0.25) is 5.02 Å². The topological polar surface area (TPSA) is 83.5 Å². The van der Waals surface area contributed by atoms with Crippen LogP contribution in [0.25, 0.3) is 0 Å². The second-order valence-electron chi connectivity index (χ2n) is 3.28. The van der Waals surface area contributed by atoms with Crippen LogP contribution in [0.3, 0.4) is 0 Å². The zero-order valence-electron chi connectivity index (χ0n) is 7.93. The third kappa shape index (κ3) is 3.51. The van der Waals surface area contributed by atoms with Crippen LogP contribution in [-0.4, -0.2) is 28.3 Å². The average molecular weight is 230 g/mol. The summed E-state index contributed by atoms with van der Waals surface area (Å²) in [4.78, 5) is 10.4. The number of aliphatic hydroxyl groups is 1. The van der Waals surface area contributed by atoms with Crippen molar-refractivity contribution < 1.29 is 15.0 Å². The first-order valence-corrected chi connectivity index (χ1v) is 4.79. The van der Waals surface area contributed by atoms with E-state index < -0.39 is 18.1 Å². The van der Waals surface area contributed by atoms with E-state index in [2.05, 4.69) is 0 Å². The summed E-state index contributed by atoms with van der Waals surface area (Å²) < 4.78 is 0. The number of rotatable bonds is 4. The standard InChI is InChI=1S/C10H12ClNO3/c11-7-3-1-6(2-4-7)5-8(12)9(13)10(14)15/h1-4,8-9,13H,5,12H2,(H,14,15). The van der Waals surface area contributed by atoms with E-state index in [1.165, 1.54) is 0 Å². The van der Waals surface area contributed by atoms with Crippen molar-refractivity contribution in [3.63, 3.8) is 0 Å². The van der Waals surface area contributed by atoms with Crippen LogP contribution < -0.4 is 5.73 Å². The van der Waals surface area contributed by atoms with Gasteiger partial charge in [0.25, 0.3) is 0 Å². The van der Waals surface area contributed by atoms with E-state index >= 15 is 0 Å². The van der Waals surface area contributed by atoms with Gasteiger partial charge in [-0.25, -0.2) is 4.79 Å². The fourth-order valence-electron chi connectivity index (χ4n) is 1.19. The number of benzene rings is 1. The fraction of sp³-hybridized carbons (Fsp3) is 0.300. The smallest absolute Gasteiger partial charge is 0.334 e. The lowest BCUT2D eigenvalue weighted by molar-refractivity contribution is -0.147. The van der Waals surface area contributed by atoms with Crippen LogP contribution in [0.1, 0.15) is 5.56 Å². The van der Waals surface area contributed by atoms with Gasteiger partial charge in [-0.1, -0.05) is 23.7 Å². The van der Waals surface area contributed by atoms with Gasteiger partial charge in [-0.3, -0.25) is 0 Å². The van der Waals surface area contributed by atoms with E-state index in [9.17, 15) is 4.79 Å².